The Kier molecular flexibility index (Phi) is 3.99. The zero-order chi connectivity index (χ0) is 14.5. The molecule has 0 radical (unpaired) electrons. The Morgan fingerprint density at radius 1 is 1.25 bits per heavy atom. The second kappa shape index (κ2) is 5.87. The summed E-state index contributed by atoms with van der Waals surface area (Å²) < 4.78 is 0. The Morgan fingerprint density at radius 2 is 2.05 bits per heavy atom. The van der Waals surface area contributed by atoms with Gasteiger partial charge in [-0.2, -0.15) is 4.98 Å². The van der Waals surface area contributed by atoms with Crippen LogP contribution in [0.2, 0.25) is 0 Å². The van der Waals surface area contributed by atoms with E-state index >= 15 is 0 Å². The summed E-state index contributed by atoms with van der Waals surface area (Å²) in [5, 5.41) is 16.5. The Morgan fingerprint density at radius 3 is 2.65 bits per heavy atom. The normalized spacial score (nSPS) is 10.1. The lowest BCUT2D eigenvalue weighted by Crippen LogP contribution is -2.08. The van der Waals surface area contributed by atoms with Crippen molar-refractivity contribution in [1.82, 2.24) is 19.9 Å². The van der Waals surface area contributed by atoms with Crippen LogP contribution in [0.3, 0.4) is 0 Å². The molecule has 0 saturated carbocycles. The van der Waals surface area contributed by atoms with E-state index in [-0.39, 0.29) is 18.1 Å². The summed E-state index contributed by atoms with van der Waals surface area (Å²) >= 11 is 0. The molecule has 0 aliphatic rings. The van der Waals surface area contributed by atoms with Crippen molar-refractivity contribution in [2.75, 3.05) is 17.7 Å². The number of nitrogens with one attached hydrogen (secondary N) is 2. The lowest BCUT2D eigenvalue weighted by molar-refractivity contribution is -0.384. The smallest absolute Gasteiger partial charge is 0.329 e. The van der Waals surface area contributed by atoms with E-state index in [0.717, 1.165) is 11.9 Å². The molecule has 0 bridgehead atoms. The fraction of sp³-hybridized carbons (Fsp3) is 0.273. The van der Waals surface area contributed by atoms with Gasteiger partial charge in [0.25, 0.3) is 0 Å². The Bertz CT molecular complexity index is 615. The SMILES string of the molecule is CNc1ncc([N+](=O)[O-])c(NCc2cnc(C)cn2)n1. The van der Waals surface area contributed by atoms with Gasteiger partial charge >= 0.3 is 5.69 Å². The van der Waals surface area contributed by atoms with Crippen molar-refractivity contribution < 1.29 is 4.92 Å². The molecule has 0 aliphatic carbocycles. The van der Waals surface area contributed by atoms with Crippen molar-refractivity contribution in [1.29, 1.82) is 0 Å². The average molecular weight is 275 g/mol. The van der Waals surface area contributed by atoms with Gasteiger partial charge in [0.15, 0.2) is 0 Å². The molecule has 0 aromatic carbocycles. The van der Waals surface area contributed by atoms with Crippen LogP contribution in [0.25, 0.3) is 0 Å². The van der Waals surface area contributed by atoms with Crippen LogP contribution in [-0.4, -0.2) is 31.9 Å². The van der Waals surface area contributed by atoms with Crippen LogP contribution in [0.15, 0.2) is 18.6 Å². The quantitative estimate of drug-likeness (QED) is 0.615. The highest BCUT2D eigenvalue weighted by atomic mass is 16.6. The summed E-state index contributed by atoms with van der Waals surface area (Å²) in [6.45, 7) is 2.12. The molecule has 2 aromatic heterocycles. The predicted molar refractivity (Wildman–Crippen MR) is 72.3 cm³/mol. The van der Waals surface area contributed by atoms with Crippen LogP contribution in [0.5, 0.6) is 0 Å². The molecule has 0 spiro atoms. The number of hydrogen-bond acceptors (Lipinski definition) is 8. The Hall–Kier alpha value is -2.84. The fourth-order valence-corrected chi connectivity index (χ4v) is 1.44. The molecular weight excluding hydrogens is 262 g/mol. The summed E-state index contributed by atoms with van der Waals surface area (Å²) in [5.41, 5.74) is 1.28. The molecule has 20 heavy (non-hydrogen) atoms. The van der Waals surface area contributed by atoms with E-state index in [9.17, 15) is 10.1 Å². The first kappa shape index (κ1) is 13.6. The summed E-state index contributed by atoms with van der Waals surface area (Å²) in [6.07, 6.45) is 4.39. The van der Waals surface area contributed by atoms with Gasteiger partial charge in [-0.15, -0.1) is 0 Å². The Balaban J connectivity index is 2.18. The van der Waals surface area contributed by atoms with Crippen molar-refractivity contribution in [3.05, 3.63) is 40.1 Å². The van der Waals surface area contributed by atoms with Crippen LogP contribution >= 0.6 is 0 Å². The molecule has 2 N–H and O–H groups in total. The van der Waals surface area contributed by atoms with Crippen LogP contribution in [0.1, 0.15) is 11.4 Å². The second-order valence-corrected chi connectivity index (χ2v) is 3.94. The van der Waals surface area contributed by atoms with Gasteiger partial charge in [-0.1, -0.05) is 0 Å². The van der Waals surface area contributed by atoms with Crippen molar-refractivity contribution in [2.24, 2.45) is 0 Å². The van der Waals surface area contributed by atoms with E-state index in [1.54, 1.807) is 19.4 Å². The number of aryl methyl sites for hydroxylation is 1. The second-order valence-electron chi connectivity index (χ2n) is 3.94. The van der Waals surface area contributed by atoms with E-state index in [1.807, 2.05) is 6.92 Å². The predicted octanol–water partition coefficient (Wildman–Crippen LogP) is 1.14. The van der Waals surface area contributed by atoms with E-state index in [0.29, 0.717) is 11.6 Å². The number of nitrogens with zero attached hydrogens (tertiary/aromatic N) is 5. The number of aromatic nitrogens is 4. The summed E-state index contributed by atoms with van der Waals surface area (Å²) in [7, 11) is 1.64. The molecule has 2 aromatic rings. The molecule has 0 saturated heterocycles. The Labute approximate surface area is 114 Å². The molecule has 9 heteroatoms. The van der Waals surface area contributed by atoms with Crippen molar-refractivity contribution in [3.63, 3.8) is 0 Å². The van der Waals surface area contributed by atoms with Crippen LogP contribution in [0.4, 0.5) is 17.5 Å². The average Bonchev–Trinajstić information content (AvgIpc) is 2.46. The van der Waals surface area contributed by atoms with E-state index < -0.39 is 4.92 Å². The molecule has 2 heterocycles. The minimum atomic E-state index is -0.539. The van der Waals surface area contributed by atoms with Gasteiger partial charge in [-0.05, 0) is 6.92 Å². The highest BCUT2D eigenvalue weighted by Gasteiger charge is 2.16. The van der Waals surface area contributed by atoms with E-state index in [2.05, 4.69) is 30.6 Å². The number of rotatable bonds is 5. The van der Waals surface area contributed by atoms with Crippen LogP contribution < -0.4 is 10.6 Å². The van der Waals surface area contributed by atoms with Crippen LogP contribution in [0, 0.1) is 17.0 Å². The standard InChI is InChI=1S/C11H13N7O2/c1-7-3-14-8(4-13-7)5-15-10-9(18(19)20)6-16-11(12-2)17-10/h3-4,6H,5H2,1-2H3,(H2,12,15,16,17). The molecular formula is C11H13N7O2. The van der Waals surface area contributed by atoms with Gasteiger partial charge in [0, 0.05) is 13.2 Å². The third kappa shape index (κ3) is 3.13. The number of hydrogen-bond donors (Lipinski definition) is 2. The minimum Gasteiger partial charge on any atom is -0.358 e. The maximum Gasteiger partial charge on any atom is 0.329 e. The van der Waals surface area contributed by atoms with Crippen molar-refractivity contribution in [3.8, 4) is 0 Å². The highest BCUT2D eigenvalue weighted by molar-refractivity contribution is 5.56. The minimum absolute atomic E-state index is 0.136. The number of anilines is 2. The molecule has 2 rings (SSSR count). The van der Waals surface area contributed by atoms with Gasteiger partial charge in [0.1, 0.15) is 6.20 Å². The maximum atomic E-state index is 10.9. The first-order valence-electron chi connectivity index (χ1n) is 5.80. The van der Waals surface area contributed by atoms with Crippen LogP contribution in [-0.2, 0) is 6.54 Å². The zero-order valence-electron chi connectivity index (χ0n) is 11.0. The number of nitro groups is 1. The molecule has 104 valence electrons. The molecule has 0 amide bonds. The largest absolute Gasteiger partial charge is 0.358 e. The lowest BCUT2D eigenvalue weighted by Gasteiger charge is -2.07. The zero-order valence-corrected chi connectivity index (χ0v) is 11.0. The van der Waals surface area contributed by atoms with Crippen molar-refractivity contribution >= 4 is 17.5 Å². The first-order chi connectivity index (χ1) is 9.60. The molecule has 9 nitrogen and oxygen atoms in total. The summed E-state index contributed by atoms with van der Waals surface area (Å²) in [6, 6.07) is 0. The molecule has 0 aliphatic heterocycles. The molecule has 0 unspecified atom stereocenters. The van der Waals surface area contributed by atoms with Gasteiger partial charge in [-0.3, -0.25) is 20.1 Å². The van der Waals surface area contributed by atoms with Gasteiger partial charge in [0.2, 0.25) is 11.8 Å². The molecule has 0 fully saturated rings. The fourth-order valence-electron chi connectivity index (χ4n) is 1.44. The third-order valence-corrected chi connectivity index (χ3v) is 2.46. The van der Waals surface area contributed by atoms with Gasteiger partial charge < -0.3 is 10.6 Å². The first-order valence-corrected chi connectivity index (χ1v) is 5.80. The summed E-state index contributed by atoms with van der Waals surface area (Å²) in [4.78, 5) is 26.5. The van der Waals surface area contributed by atoms with E-state index in [4.69, 9.17) is 0 Å². The topological polar surface area (TPSA) is 119 Å². The monoisotopic (exact) mass is 275 g/mol. The van der Waals surface area contributed by atoms with E-state index in [1.165, 1.54) is 0 Å². The molecule has 0 atom stereocenters. The lowest BCUT2D eigenvalue weighted by atomic mass is 10.4. The summed E-state index contributed by atoms with van der Waals surface area (Å²) in [5.74, 6) is 0.435. The highest BCUT2D eigenvalue weighted by Crippen LogP contribution is 2.22. The third-order valence-electron chi connectivity index (χ3n) is 2.46. The van der Waals surface area contributed by atoms with Gasteiger partial charge in [0.05, 0.1) is 29.1 Å². The maximum absolute atomic E-state index is 10.9. The van der Waals surface area contributed by atoms with Crippen molar-refractivity contribution in [2.45, 2.75) is 13.5 Å². The van der Waals surface area contributed by atoms with Gasteiger partial charge in [-0.25, -0.2) is 4.98 Å².